The van der Waals surface area contributed by atoms with E-state index in [1.54, 1.807) is 6.92 Å². The number of urea groups is 1. The number of hydrogen-bond acceptors (Lipinski definition) is 3. The van der Waals surface area contributed by atoms with Gasteiger partial charge in [0, 0.05) is 19.7 Å². The summed E-state index contributed by atoms with van der Waals surface area (Å²) in [7, 11) is 0. The minimum atomic E-state index is -0.794. The quantitative estimate of drug-likeness (QED) is 0.522. The molecule has 0 radical (unpaired) electrons. The monoisotopic (exact) mass is 272 g/mol. The Morgan fingerprint density at radius 1 is 1.32 bits per heavy atom. The zero-order valence-corrected chi connectivity index (χ0v) is 11.5. The van der Waals surface area contributed by atoms with E-state index in [-0.39, 0.29) is 11.9 Å². The number of carboxylic acid groups (broad SMARTS) is 1. The Morgan fingerprint density at radius 3 is 2.63 bits per heavy atom. The molecule has 0 aromatic rings. The maximum absolute atomic E-state index is 11.3. The number of carbonyl (C=O) groups is 2. The summed E-state index contributed by atoms with van der Waals surface area (Å²) in [6.07, 6.45) is 3.77. The van der Waals surface area contributed by atoms with Crippen molar-refractivity contribution in [2.75, 3.05) is 26.3 Å². The third kappa shape index (κ3) is 8.42. The van der Waals surface area contributed by atoms with Crippen LogP contribution in [0.25, 0.3) is 0 Å². The summed E-state index contributed by atoms with van der Waals surface area (Å²) < 4.78 is 5.38. The van der Waals surface area contributed by atoms with E-state index in [2.05, 4.69) is 10.6 Å². The number of rotatable bonds is 10. The molecule has 6 heteroatoms. The first kappa shape index (κ1) is 15.8. The fourth-order valence-electron chi connectivity index (χ4n) is 1.57. The minimum absolute atomic E-state index is 0.224. The van der Waals surface area contributed by atoms with E-state index >= 15 is 0 Å². The lowest BCUT2D eigenvalue weighted by Crippen LogP contribution is -2.38. The highest BCUT2D eigenvalue weighted by molar-refractivity contribution is 5.73. The van der Waals surface area contributed by atoms with E-state index in [0.29, 0.717) is 32.5 Å². The molecule has 0 bridgehead atoms. The van der Waals surface area contributed by atoms with Crippen molar-refractivity contribution in [2.24, 2.45) is 11.8 Å². The molecule has 1 aliphatic rings. The molecule has 6 nitrogen and oxygen atoms in total. The molecule has 19 heavy (non-hydrogen) atoms. The average molecular weight is 272 g/mol. The van der Waals surface area contributed by atoms with Gasteiger partial charge in [-0.05, 0) is 31.6 Å². The summed E-state index contributed by atoms with van der Waals surface area (Å²) in [4.78, 5) is 21.9. The first-order chi connectivity index (χ1) is 9.09. The topological polar surface area (TPSA) is 87.7 Å². The predicted octanol–water partition coefficient (Wildman–Crippen LogP) is 1.21. The summed E-state index contributed by atoms with van der Waals surface area (Å²) in [5.41, 5.74) is 0. The maximum Gasteiger partial charge on any atom is 0.314 e. The molecule has 0 aromatic heterocycles. The van der Waals surface area contributed by atoms with Crippen LogP contribution in [0.1, 0.15) is 32.6 Å². The van der Waals surface area contributed by atoms with Gasteiger partial charge in [0.2, 0.25) is 0 Å². The Hall–Kier alpha value is -1.30. The molecule has 2 amide bonds. The van der Waals surface area contributed by atoms with Crippen LogP contribution >= 0.6 is 0 Å². The minimum Gasteiger partial charge on any atom is -0.481 e. The lowest BCUT2D eigenvalue weighted by molar-refractivity contribution is -0.141. The summed E-state index contributed by atoms with van der Waals surface area (Å²) in [5.74, 6) is -0.414. The zero-order chi connectivity index (χ0) is 14.1. The molecule has 0 aromatic carbocycles. The molecule has 1 saturated carbocycles. The number of carboxylic acids is 1. The van der Waals surface area contributed by atoms with E-state index < -0.39 is 5.97 Å². The average Bonchev–Trinajstić information content (AvgIpc) is 3.17. The second kappa shape index (κ2) is 8.74. The van der Waals surface area contributed by atoms with Crippen molar-refractivity contribution < 1.29 is 19.4 Å². The summed E-state index contributed by atoms with van der Waals surface area (Å²) in [6, 6.07) is -0.224. The van der Waals surface area contributed by atoms with E-state index in [0.717, 1.165) is 12.5 Å². The smallest absolute Gasteiger partial charge is 0.314 e. The van der Waals surface area contributed by atoms with E-state index in [9.17, 15) is 9.59 Å². The van der Waals surface area contributed by atoms with Gasteiger partial charge >= 0.3 is 12.0 Å². The summed E-state index contributed by atoms with van der Waals surface area (Å²) in [5, 5.41) is 14.1. The van der Waals surface area contributed by atoms with Gasteiger partial charge in [0.25, 0.3) is 0 Å². The van der Waals surface area contributed by atoms with Crippen molar-refractivity contribution in [1.29, 1.82) is 0 Å². The second-order valence-electron chi connectivity index (χ2n) is 5.08. The van der Waals surface area contributed by atoms with Crippen molar-refractivity contribution in [3.63, 3.8) is 0 Å². The molecule has 3 N–H and O–H groups in total. The molecule has 1 atom stereocenters. The fraction of sp³-hybridized carbons (Fsp3) is 0.846. The highest BCUT2D eigenvalue weighted by Crippen LogP contribution is 2.28. The van der Waals surface area contributed by atoms with Gasteiger partial charge in [-0.3, -0.25) is 4.79 Å². The Bertz CT molecular complexity index is 292. The van der Waals surface area contributed by atoms with Gasteiger partial charge in [-0.15, -0.1) is 0 Å². The van der Waals surface area contributed by atoms with Crippen LogP contribution in [0.5, 0.6) is 0 Å². The van der Waals surface area contributed by atoms with E-state index in [4.69, 9.17) is 9.84 Å². The molecular weight excluding hydrogens is 248 g/mol. The number of ether oxygens (including phenoxy) is 1. The van der Waals surface area contributed by atoms with Crippen LogP contribution in [0.15, 0.2) is 0 Å². The van der Waals surface area contributed by atoms with Crippen LogP contribution in [0, 0.1) is 11.8 Å². The van der Waals surface area contributed by atoms with Gasteiger partial charge in [-0.1, -0.05) is 6.92 Å². The maximum atomic E-state index is 11.3. The Balaban J connectivity index is 1.85. The number of amides is 2. The van der Waals surface area contributed by atoms with E-state index in [1.165, 1.54) is 12.8 Å². The molecule has 1 unspecified atom stereocenters. The van der Waals surface area contributed by atoms with Crippen molar-refractivity contribution in [3.8, 4) is 0 Å². The number of aliphatic carboxylic acids is 1. The Morgan fingerprint density at radius 2 is 2.00 bits per heavy atom. The van der Waals surface area contributed by atoms with Crippen LogP contribution in [-0.4, -0.2) is 43.4 Å². The largest absolute Gasteiger partial charge is 0.481 e. The van der Waals surface area contributed by atoms with Gasteiger partial charge in [-0.2, -0.15) is 0 Å². The highest BCUT2D eigenvalue weighted by Gasteiger charge is 2.20. The Kier molecular flexibility index (Phi) is 7.25. The number of carbonyl (C=O) groups excluding carboxylic acids is 1. The predicted molar refractivity (Wildman–Crippen MR) is 71.0 cm³/mol. The van der Waals surface area contributed by atoms with Gasteiger partial charge in [-0.25, -0.2) is 4.79 Å². The molecule has 1 fully saturated rings. The lowest BCUT2D eigenvalue weighted by atomic mass is 10.1. The molecule has 0 spiro atoms. The second-order valence-corrected chi connectivity index (χ2v) is 5.08. The molecule has 0 saturated heterocycles. The first-order valence-electron chi connectivity index (χ1n) is 6.92. The van der Waals surface area contributed by atoms with Crippen molar-refractivity contribution in [1.82, 2.24) is 10.6 Å². The van der Waals surface area contributed by atoms with Crippen molar-refractivity contribution in [3.05, 3.63) is 0 Å². The van der Waals surface area contributed by atoms with Gasteiger partial charge < -0.3 is 20.5 Å². The van der Waals surface area contributed by atoms with Crippen LogP contribution in [0.3, 0.4) is 0 Å². The van der Waals surface area contributed by atoms with Gasteiger partial charge in [0.15, 0.2) is 0 Å². The van der Waals surface area contributed by atoms with Gasteiger partial charge in [0.1, 0.15) is 0 Å². The highest BCUT2D eigenvalue weighted by atomic mass is 16.5. The summed E-state index contributed by atoms with van der Waals surface area (Å²) in [6.45, 7) is 4.01. The normalized spacial score (nSPS) is 15.8. The van der Waals surface area contributed by atoms with E-state index in [1.807, 2.05) is 0 Å². The number of hydrogen-bond donors (Lipinski definition) is 3. The third-order valence-corrected chi connectivity index (χ3v) is 3.10. The third-order valence-electron chi connectivity index (χ3n) is 3.10. The summed E-state index contributed by atoms with van der Waals surface area (Å²) >= 11 is 0. The molecule has 1 aliphatic carbocycles. The lowest BCUT2D eigenvalue weighted by Gasteiger charge is -2.09. The standard InChI is InChI=1S/C13H24N2O4/c1-10(12(16)17)3-2-6-14-13(18)15-7-8-19-9-11-4-5-11/h10-11H,2-9H2,1H3,(H,16,17)(H2,14,15,18). The first-order valence-corrected chi connectivity index (χ1v) is 6.92. The van der Waals surface area contributed by atoms with Gasteiger partial charge in [0.05, 0.1) is 12.5 Å². The van der Waals surface area contributed by atoms with Crippen LogP contribution in [0.2, 0.25) is 0 Å². The van der Waals surface area contributed by atoms with Crippen LogP contribution in [0.4, 0.5) is 4.79 Å². The fourth-order valence-corrected chi connectivity index (χ4v) is 1.57. The molecular formula is C13H24N2O4. The molecule has 0 aliphatic heterocycles. The SMILES string of the molecule is CC(CCCNC(=O)NCCOCC1CC1)C(=O)O. The Labute approximate surface area is 113 Å². The molecule has 0 heterocycles. The zero-order valence-electron chi connectivity index (χ0n) is 11.5. The van der Waals surface area contributed by atoms with Crippen molar-refractivity contribution in [2.45, 2.75) is 32.6 Å². The molecule has 1 rings (SSSR count). The van der Waals surface area contributed by atoms with Crippen LogP contribution in [-0.2, 0) is 9.53 Å². The van der Waals surface area contributed by atoms with Crippen molar-refractivity contribution >= 4 is 12.0 Å². The van der Waals surface area contributed by atoms with Crippen LogP contribution < -0.4 is 10.6 Å². The molecule has 110 valence electrons. The number of nitrogens with one attached hydrogen (secondary N) is 2.